The average Bonchev–Trinajstić information content (AvgIpc) is 2.87. The van der Waals surface area contributed by atoms with Gasteiger partial charge in [-0.1, -0.05) is 32.1 Å². The van der Waals surface area contributed by atoms with E-state index in [4.69, 9.17) is 5.73 Å². The van der Waals surface area contributed by atoms with Gasteiger partial charge >= 0.3 is 0 Å². The third kappa shape index (κ3) is 3.60. The molecule has 0 aliphatic rings. The van der Waals surface area contributed by atoms with E-state index in [-0.39, 0.29) is 16.9 Å². The fraction of sp³-hybridized carbons (Fsp3) is 0.308. The van der Waals surface area contributed by atoms with Crippen molar-refractivity contribution in [1.29, 1.82) is 0 Å². The van der Waals surface area contributed by atoms with Crippen molar-refractivity contribution in [2.45, 2.75) is 26.2 Å². The first-order valence-corrected chi connectivity index (χ1v) is 7.02. The molecule has 0 atom stereocenters. The highest BCUT2D eigenvalue weighted by molar-refractivity contribution is 7.15. The number of benzene rings is 1. The van der Waals surface area contributed by atoms with Gasteiger partial charge in [-0.2, -0.15) is 0 Å². The van der Waals surface area contributed by atoms with E-state index in [9.17, 15) is 10.1 Å². The molecule has 0 saturated heterocycles. The lowest BCUT2D eigenvalue weighted by atomic mass is 9.98. The molecule has 0 bridgehead atoms. The third-order valence-corrected chi connectivity index (χ3v) is 3.89. The molecule has 0 radical (unpaired) electrons. The predicted octanol–water partition coefficient (Wildman–Crippen LogP) is 2.78. The second kappa shape index (κ2) is 5.57. The van der Waals surface area contributed by atoms with Crippen LogP contribution in [-0.2, 0) is 5.41 Å². The van der Waals surface area contributed by atoms with Gasteiger partial charge in [0.25, 0.3) is 5.69 Å². The van der Waals surface area contributed by atoms with Gasteiger partial charge in [-0.15, -0.1) is 10.2 Å². The molecule has 2 aromatic rings. The topological polar surface area (TPSA) is 107 Å². The Morgan fingerprint density at radius 3 is 2.38 bits per heavy atom. The smallest absolute Gasteiger partial charge is 0.269 e. The van der Waals surface area contributed by atoms with Crippen LogP contribution >= 0.6 is 11.3 Å². The summed E-state index contributed by atoms with van der Waals surface area (Å²) in [5.41, 5.74) is 6.42. The second-order valence-corrected chi connectivity index (χ2v) is 6.40. The Kier molecular flexibility index (Phi) is 3.99. The Balaban J connectivity index is 2.24. The van der Waals surface area contributed by atoms with Crippen LogP contribution in [0.25, 0.3) is 0 Å². The molecule has 1 aromatic heterocycles. The number of aliphatic imine (C=N–C) groups is 1. The molecule has 1 aromatic carbocycles. The molecule has 2 rings (SSSR count). The molecule has 110 valence electrons. The van der Waals surface area contributed by atoms with E-state index in [2.05, 4.69) is 15.2 Å². The maximum absolute atomic E-state index is 10.6. The van der Waals surface area contributed by atoms with Crippen molar-refractivity contribution >= 4 is 28.0 Å². The highest BCUT2D eigenvalue weighted by atomic mass is 32.1. The molecule has 0 fully saturated rings. The summed E-state index contributed by atoms with van der Waals surface area (Å²) in [6.45, 7) is 6.13. The van der Waals surface area contributed by atoms with Crippen molar-refractivity contribution < 1.29 is 4.92 Å². The van der Waals surface area contributed by atoms with Gasteiger partial charge in [-0.3, -0.25) is 10.1 Å². The van der Waals surface area contributed by atoms with Crippen molar-refractivity contribution in [3.8, 4) is 0 Å². The molecule has 0 amide bonds. The average molecular weight is 305 g/mol. The van der Waals surface area contributed by atoms with Crippen LogP contribution < -0.4 is 5.73 Å². The van der Waals surface area contributed by atoms with Crippen LogP contribution in [-0.4, -0.2) is 21.0 Å². The Morgan fingerprint density at radius 1 is 1.29 bits per heavy atom. The van der Waals surface area contributed by atoms with Gasteiger partial charge in [0, 0.05) is 23.1 Å². The molecule has 0 aliphatic carbocycles. The largest absolute Gasteiger partial charge is 0.383 e. The van der Waals surface area contributed by atoms with Crippen molar-refractivity contribution in [3.63, 3.8) is 0 Å². The Morgan fingerprint density at radius 2 is 1.90 bits per heavy atom. The van der Waals surface area contributed by atoms with Gasteiger partial charge in [0.1, 0.15) is 10.8 Å². The quantitative estimate of drug-likeness (QED) is 0.406. The lowest BCUT2D eigenvalue weighted by Crippen LogP contribution is -2.12. The summed E-state index contributed by atoms with van der Waals surface area (Å²) in [7, 11) is 0. The molecule has 0 unspecified atom stereocenters. The highest BCUT2D eigenvalue weighted by Gasteiger charge is 2.19. The summed E-state index contributed by atoms with van der Waals surface area (Å²) in [5, 5.41) is 20.0. The first kappa shape index (κ1) is 15.0. The number of nitro benzene ring substituents is 1. The minimum atomic E-state index is -0.461. The van der Waals surface area contributed by atoms with Gasteiger partial charge in [-0.25, -0.2) is 4.99 Å². The summed E-state index contributed by atoms with van der Waals surface area (Å²) in [6.07, 6.45) is 0. The van der Waals surface area contributed by atoms with E-state index in [1.807, 2.05) is 20.8 Å². The maximum Gasteiger partial charge on any atom is 0.269 e. The first-order valence-electron chi connectivity index (χ1n) is 6.20. The number of nitrogens with two attached hydrogens (primary N) is 1. The summed E-state index contributed by atoms with van der Waals surface area (Å²) < 4.78 is 0. The molecule has 7 nitrogen and oxygen atoms in total. The molecule has 0 aliphatic heterocycles. The van der Waals surface area contributed by atoms with Crippen LogP contribution in [0, 0.1) is 10.1 Å². The first-order chi connectivity index (χ1) is 9.77. The molecule has 0 spiro atoms. The number of amidine groups is 1. The van der Waals surface area contributed by atoms with Gasteiger partial charge in [0.05, 0.1) is 4.92 Å². The summed E-state index contributed by atoms with van der Waals surface area (Å²) in [6, 6.07) is 5.89. The van der Waals surface area contributed by atoms with Gasteiger partial charge < -0.3 is 5.73 Å². The predicted molar refractivity (Wildman–Crippen MR) is 82.1 cm³/mol. The Bertz CT molecular complexity index is 685. The SMILES string of the molecule is CC(C)(C)c1nnc(/N=C(\N)c2ccc([N+](=O)[O-])cc2)s1. The summed E-state index contributed by atoms with van der Waals surface area (Å²) in [4.78, 5) is 14.3. The zero-order valence-electron chi connectivity index (χ0n) is 11.9. The molecule has 2 N–H and O–H groups in total. The van der Waals surface area contributed by atoms with Crippen LogP contribution in [0.4, 0.5) is 10.8 Å². The number of non-ortho nitro benzene ring substituents is 1. The van der Waals surface area contributed by atoms with E-state index in [1.54, 1.807) is 12.1 Å². The Labute approximate surface area is 125 Å². The van der Waals surface area contributed by atoms with E-state index in [1.165, 1.54) is 23.5 Å². The van der Waals surface area contributed by atoms with Crippen molar-refractivity contribution in [3.05, 3.63) is 45.0 Å². The minimum Gasteiger partial charge on any atom is -0.383 e. The number of nitrogens with zero attached hydrogens (tertiary/aromatic N) is 4. The van der Waals surface area contributed by atoms with Crippen LogP contribution in [0.2, 0.25) is 0 Å². The molecule has 0 saturated carbocycles. The number of hydrogen-bond donors (Lipinski definition) is 1. The Hall–Kier alpha value is -2.35. The van der Waals surface area contributed by atoms with Gasteiger partial charge in [-0.05, 0) is 12.1 Å². The van der Waals surface area contributed by atoms with Crippen LogP contribution in [0.3, 0.4) is 0 Å². The monoisotopic (exact) mass is 305 g/mol. The second-order valence-electron chi connectivity index (χ2n) is 5.44. The number of rotatable bonds is 3. The zero-order valence-corrected chi connectivity index (χ0v) is 12.7. The number of nitro groups is 1. The van der Waals surface area contributed by atoms with E-state index in [0.717, 1.165) is 5.01 Å². The van der Waals surface area contributed by atoms with Crippen molar-refractivity contribution in [2.75, 3.05) is 0 Å². The zero-order chi connectivity index (χ0) is 15.6. The third-order valence-electron chi connectivity index (χ3n) is 2.65. The maximum atomic E-state index is 10.6. The highest BCUT2D eigenvalue weighted by Crippen LogP contribution is 2.29. The molecular formula is C13H15N5O2S. The van der Waals surface area contributed by atoms with E-state index < -0.39 is 4.92 Å². The normalized spacial score (nSPS) is 12.4. The molecule has 21 heavy (non-hydrogen) atoms. The number of aromatic nitrogens is 2. The fourth-order valence-corrected chi connectivity index (χ4v) is 2.27. The molecular weight excluding hydrogens is 290 g/mol. The summed E-state index contributed by atoms with van der Waals surface area (Å²) >= 11 is 1.37. The molecule has 1 heterocycles. The fourth-order valence-electron chi connectivity index (χ4n) is 1.49. The lowest BCUT2D eigenvalue weighted by Gasteiger charge is -2.11. The lowest BCUT2D eigenvalue weighted by molar-refractivity contribution is -0.384. The minimum absolute atomic E-state index is 0.0116. The molecule has 8 heteroatoms. The van der Waals surface area contributed by atoms with Gasteiger partial charge in [0.15, 0.2) is 0 Å². The van der Waals surface area contributed by atoms with Crippen LogP contribution in [0.15, 0.2) is 29.3 Å². The summed E-state index contributed by atoms with van der Waals surface area (Å²) in [5.74, 6) is 0.251. The van der Waals surface area contributed by atoms with E-state index in [0.29, 0.717) is 10.7 Å². The van der Waals surface area contributed by atoms with Crippen molar-refractivity contribution in [2.24, 2.45) is 10.7 Å². The van der Waals surface area contributed by atoms with Crippen LogP contribution in [0.5, 0.6) is 0 Å². The standard InChI is InChI=1S/C13H15N5O2S/c1-13(2,3)11-16-17-12(21-11)15-10(14)8-4-6-9(7-5-8)18(19)20/h4-7H,1-3H3,(H2,14,15,17). The van der Waals surface area contributed by atoms with E-state index >= 15 is 0 Å². The van der Waals surface area contributed by atoms with Crippen molar-refractivity contribution in [1.82, 2.24) is 10.2 Å². The number of hydrogen-bond acceptors (Lipinski definition) is 6. The van der Waals surface area contributed by atoms with Gasteiger partial charge in [0.2, 0.25) is 5.13 Å². The van der Waals surface area contributed by atoms with Crippen LogP contribution in [0.1, 0.15) is 31.3 Å².